The van der Waals surface area contributed by atoms with Crippen molar-refractivity contribution in [3.8, 4) is 6.07 Å². The number of nitriles is 1. The smallest absolute Gasteiger partial charge is 0.149 e. The molecule has 11 heavy (non-hydrogen) atoms. The minimum Gasteiger partial charge on any atom is -0.298 e. The Labute approximate surface area is 65.1 Å². The van der Waals surface area contributed by atoms with E-state index >= 15 is 0 Å². The van der Waals surface area contributed by atoms with Gasteiger partial charge in [0.05, 0.1) is 12.0 Å². The molecule has 1 aliphatic rings. The average Bonchev–Trinajstić information content (AvgIpc) is 2.28. The first kappa shape index (κ1) is 7.49. The van der Waals surface area contributed by atoms with Gasteiger partial charge in [0.2, 0.25) is 0 Å². The molecule has 0 saturated carbocycles. The lowest BCUT2D eigenvalue weighted by Gasteiger charge is -1.91. The van der Waals surface area contributed by atoms with Crippen molar-refractivity contribution in [2.24, 2.45) is 5.92 Å². The lowest BCUT2D eigenvalue weighted by Crippen LogP contribution is -1.87. The molecule has 0 fully saturated rings. The van der Waals surface area contributed by atoms with Gasteiger partial charge in [-0.05, 0) is 0 Å². The third-order valence-electron chi connectivity index (χ3n) is 1.38. The average molecular weight is 145 g/mol. The fraction of sp³-hybridized carbons (Fsp3) is 0.111. The summed E-state index contributed by atoms with van der Waals surface area (Å²) in [5.41, 5.74) is 0.557. The maximum atomic E-state index is 10.3. The summed E-state index contributed by atoms with van der Waals surface area (Å²) in [5.74, 6) is -0.273. The molecule has 1 atom stereocenters. The van der Waals surface area contributed by atoms with Crippen molar-refractivity contribution in [2.45, 2.75) is 0 Å². The van der Waals surface area contributed by atoms with Gasteiger partial charge in [-0.2, -0.15) is 5.26 Å². The van der Waals surface area contributed by atoms with E-state index in [9.17, 15) is 4.79 Å². The fourth-order valence-electron chi connectivity index (χ4n) is 0.828. The predicted octanol–water partition coefficient (Wildman–Crippen LogP) is 1.38. The summed E-state index contributed by atoms with van der Waals surface area (Å²) in [6, 6.07) is 2.05. The van der Waals surface area contributed by atoms with Crippen LogP contribution in [-0.4, -0.2) is 6.29 Å². The molecule has 0 aromatic carbocycles. The van der Waals surface area contributed by atoms with Gasteiger partial charge in [0.25, 0.3) is 0 Å². The van der Waals surface area contributed by atoms with Gasteiger partial charge in [-0.3, -0.25) is 4.79 Å². The molecular weight excluding hydrogens is 138 g/mol. The Hall–Kier alpha value is -1.62. The second-order valence-corrected chi connectivity index (χ2v) is 2.18. The highest BCUT2D eigenvalue weighted by atomic mass is 16.1. The first-order chi connectivity index (χ1) is 5.36. The Morgan fingerprint density at radius 3 is 3.00 bits per heavy atom. The van der Waals surface area contributed by atoms with Crippen LogP contribution in [0.15, 0.2) is 36.0 Å². The van der Waals surface area contributed by atoms with E-state index in [1.807, 2.05) is 6.07 Å². The molecule has 0 bridgehead atoms. The van der Waals surface area contributed by atoms with Gasteiger partial charge in [0, 0.05) is 5.57 Å². The topological polar surface area (TPSA) is 40.9 Å². The summed E-state index contributed by atoms with van der Waals surface area (Å²) in [6.45, 7) is 0. The van der Waals surface area contributed by atoms with E-state index in [-0.39, 0.29) is 5.92 Å². The van der Waals surface area contributed by atoms with E-state index in [4.69, 9.17) is 5.26 Å². The number of carbonyl (C=O) groups excluding carboxylic acids is 1. The summed E-state index contributed by atoms with van der Waals surface area (Å²) >= 11 is 0. The maximum absolute atomic E-state index is 10.3. The van der Waals surface area contributed by atoms with Gasteiger partial charge in [-0.25, -0.2) is 0 Å². The zero-order chi connectivity index (χ0) is 8.10. The Balaban J connectivity index is 2.91. The molecule has 0 spiro atoms. The highest BCUT2D eigenvalue weighted by molar-refractivity contribution is 5.78. The summed E-state index contributed by atoms with van der Waals surface area (Å²) in [6.07, 6.45) is 9.31. The van der Waals surface area contributed by atoms with Crippen molar-refractivity contribution in [2.75, 3.05) is 0 Å². The predicted molar refractivity (Wildman–Crippen MR) is 41.5 cm³/mol. The standard InChI is InChI=1S/C9H7NO/c10-6-8-3-1-2-4-9(5-8)7-11/h1-5,7-8H. The number of aldehydes is 1. The molecule has 2 nitrogen and oxygen atoms in total. The van der Waals surface area contributed by atoms with Crippen LogP contribution in [0.4, 0.5) is 0 Å². The van der Waals surface area contributed by atoms with E-state index in [0.717, 1.165) is 6.29 Å². The normalized spacial score (nSPS) is 21.7. The molecule has 0 heterocycles. The van der Waals surface area contributed by atoms with E-state index in [1.165, 1.54) is 0 Å². The van der Waals surface area contributed by atoms with Crippen LogP contribution in [-0.2, 0) is 4.79 Å². The van der Waals surface area contributed by atoms with Crippen molar-refractivity contribution in [1.29, 1.82) is 5.26 Å². The Kier molecular flexibility index (Phi) is 2.40. The van der Waals surface area contributed by atoms with Crippen LogP contribution < -0.4 is 0 Å². The zero-order valence-corrected chi connectivity index (χ0v) is 5.90. The van der Waals surface area contributed by atoms with Gasteiger partial charge in [-0.15, -0.1) is 0 Å². The number of nitrogens with zero attached hydrogens (tertiary/aromatic N) is 1. The van der Waals surface area contributed by atoms with Crippen LogP contribution in [0.3, 0.4) is 0 Å². The molecule has 0 amide bonds. The molecule has 0 radical (unpaired) electrons. The molecule has 1 rings (SSSR count). The Morgan fingerprint density at radius 1 is 1.55 bits per heavy atom. The SMILES string of the molecule is N#CC1C=CC=CC(C=O)=C1. The number of allylic oxidation sites excluding steroid dienone is 6. The third-order valence-corrected chi connectivity index (χ3v) is 1.38. The van der Waals surface area contributed by atoms with Gasteiger partial charge >= 0.3 is 0 Å². The highest BCUT2D eigenvalue weighted by Gasteiger charge is 2.00. The Morgan fingerprint density at radius 2 is 2.36 bits per heavy atom. The van der Waals surface area contributed by atoms with Crippen LogP contribution in [0.5, 0.6) is 0 Å². The molecule has 0 aromatic rings. The molecule has 0 saturated heterocycles. The second kappa shape index (κ2) is 3.52. The molecule has 0 aliphatic heterocycles. The van der Waals surface area contributed by atoms with Gasteiger partial charge in [-0.1, -0.05) is 30.4 Å². The van der Waals surface area contributed by atoms with E-state index in [0.29, 0.717) is 5.57 Å². The number of carbonyl (C=O) groups is 1. The minimum atomic E-state index is -0.273. The van der Waals surface area contributed by atoms with Crippen LogP contribution in [0, 0.1) is 17.2 Å². The number of hydrogen-bond acceptors (Lipinski definition) is 2. The van der Waals surface area contributed by atoms with Gasteiger partial charge in [0.15, 0.2) is 0 Å². The summed E-state index contributed by atoms with van der Waals surface area (Å²) in [5, 5.41) is 8.54. The van der Waals surface area contributed by atoms with Crippen LogP contribution in [0.25, 0.3) is 0 Å². The first-order valence-corrected chi connectivity index (χ1v) is 3.28. The molecule has 0 N–H and O–H groups in total. The molecule has 54 valence electrons. The molecule has 1 aliphatic carbocycles. The lowest BCUT2D eigenvalue weighted by molar-refractivity contribution is -0.104. The van der Waals surface area contributed by atoms with Gasteiger partial charge in [0.1, 0.15) is 6.29 Å². The van der Waals surface area contributed by atoms with E-state index < -0.39 is 0 Å². The summed E-state index contributed by atoms with van der Waals surface area (Å²) < 4.78 is 0. The van der Waals surface area contributed by atoms with Gasteiger partial charge < -0.3 is 0 Å². The number of hydrogen-bond donors (Lipinski definition) is 0. The molecule has 2 heteroatoms. The molecular formula is C9H7NO. The lowest BCUT2D eigenvalue weighted by atomic mass is 10.1. The minimum absolute atomic E-state index is 0.273. The summed E-state index contributed by atoms with van der Waals surface area (Å²) in [7, 11) is 0. The first-order valence-electron chi connectivity index (χ1n) is 3.28. The molecule has 0 aromatic heterocycles. The quantitative estimate of drug-likeness (QED) is 0.523. The zero-order valence-electron chi connectivity index (χ0n) is 5.90. The largest absolute Gasteiger partial charge is 0.298 e. The summed E-state index contributed by atoms with van der Waals surface area (Å²) in [4.78, 5) is 10.3. The molecule has 1 unspecified atom stereocenters. The van der Waals surface area contributed by atoms with E-state index in [1.54, 1.807) is 30.4 Å². The van der Waals surface area contributed by atoms with Crippen molar-refractivity contribution in [1.82, 2.24) is 0 Å². The van der Waals surface area contributed by atoms with Crippen molar-refractivity contribution >= 4 is 6.29 Å². The monoisotopic (exact) mass is 145 g/mol. The van der Waals surface area contributed by atoms with Crippen LogP contribution in [0.1, 0.15) is 0 Å². The maximum Gasteiger partial charge on any atom is 0.149 e. The van der Waals surface area contributed by atoms with Crippen LogP contribution >= 0.6 is 0 Å². The fourth-order valence-corrected chi connectivity index (χ4v) is 0.828. The van der Waals surface area contributed by atoms with E-state index in [2.05, 4.69) is 0 Å². The van der Waals surface area contributed by atoms with Crippen LogP contribution in [0.2, 0.25) is 0 Å². The van der Waals surface area contributed by atoms with Crippen molar-refractivity contribution in [3.05, 3.63) is 36.0 Å². The second-order valence-electron chi connectivity index (χ2n) is 2.18. The van der Waals surface area contributed by atoms with Crippen molar-refractivity contribution in [3.63, 3.8) is 0 Å². The number of rotatable bonds is 1. The highest BCUT2D eigenvalue weighted by Crippen LogP contribution is 2.08. The van der Waals surface area contributed by atoms with Crippen molar-refractivity contribution < 1.29 is 4.79 Å². The Bertz CT molecular complexity index is 278. The third kappa shape index (κ3) is 1.91.